The lowest BCUT2D eigenvalue weighted by atomic mass is 10.4. The second-order valence-corrected chi connectivity index (χ2v) is 4.96. The number of amides is 4. The summed E-state index contributed by atoms with van der Waals surface area (Å²) in [5.74, 6) is -3.70. The summed E-state index contributed by atoms with van der Waals surface area (Å²) in [6.45, 7) is 0.869. The zero-order valence-corrected chi connectivity index (χ0v) is 13.1. The number of carbonyl (C=O) groups excluding carboxylic acids is 6. The van der Waals surface area contributed by atoms with E-state index in [4.69, 9.17) is 9.47 Å². The number of hydrogen-bond acceptors (Lipinski definition) is 9. The molecule has 134 valence electrons. The molecule has 0 bridgehead atoms. The van der Waals surface area contributed by atoms with Gasteiger partial charge in [0.25, 0.3) is 29.9 Å². The molecule has 25 heavy (non-hydrogen) atoms. The number of hydrogen-bond donors (Lipinski definition) is 0. The Bertz CT molecular complexity index is 617. The van der Waals surface area contributed by atoms with Crippen LogP contribution in [0.1, 0.15) is 26.2 Å². The van der Waals surface area contributed by atoms with Crippen molar-refractivity contribution in [3.63, 3.8) is 0 Å². The predicted octanol–water partition coefficient (Wildman–Crippen LogP) is -0.592. The summed E-state index contributed by atoms with van der Waals surface area (Å²) >= 11 is 0. The minimum atomic E-state index is -1.40. The fraction of sp³-hybridized carbons (Fsp3) is 0.429. The average Bonchev–Trinajstić information content (AvgIpc) is 3.04. The third-order valence-corrected chi connectivity index (χ3v) is 3.18. The highest BCUT2D eigenvalue weighted by atomic mass is 16.9. The molecule has 1 fully saturated rings. The number of carbonyl (C=O) groups is 6. The molecule has 2 heterocycles. The molecule has 0 saturated carbocycles. The van der Waals surface area contributed by atoms with Crippen LogP contribution in [-0.2, 0) is 38.3 Å². The Balaban J connectivity index is 1.83. The normalized spacial score (nSPS) is 18.0. The van der Waals surface area contributed by atoms with Crippen molar-refractivity contribution in [2.45, 2.75) is 32.5 Å². The Hall–Kier alpha value is -3.24. The Morgan fingerprint density at radius 1 is 1.04 bits per heavy atom. The van der Waals surface area contributed by atoms with Gasteiger partial charge in [0, 0.05) is 31.4 Å². The van der Waals surface area contributed by atoms with Gasteiger partial charge in [-0.3, -0.25) is 28.9 Å². The molecule has 1 unspecified atom stereocenters. The van der Waals surface area contributed by atoms with Crippen LogP contribution in [0.25, 0.3) is 0 Å². The number of imide groups is 2. The topological polar surface area (TPSA) is 137 Å². The summed E-state index contributed by atoms with van der Waals surface area (Å²) in [4.78, 5) is 73.8. The number of rotatable bonds is 6. The van der Waals surface area contributed by atoms with E-state index < -0.39 is 48.6 Å². The molecule has 4 amide bonds. The van der Waals surface area contributed by atoms with Crippen LogP contribution >= 0.6 is 0 Å². The summed E-state index contributed by atoms with van der Waals surface area (Å²) in [6, 6.07) is 0. The summed E-state index contributed by atoms with van der Waals surface area (Å²) in [6.07, 6.45) is -0.903. The number of hydroxylamine groups is 2. The first-order valence-corrected chi connectivity index (χ1v) is 7.29. The Morgan fingerprint density at radius 2 is 1.60 bits per heavy atom. The SMILES string of the molecule is CCC(OC(=O)CN1C(=O)C=CC1=O)OC(=O)ON1C(=O)CCC1=O. The smallest absolute Gasteiger partial charge is 0.424 e. The minimum Gasteiger partial charge on any atom is -0.424 e. The molecule has 2 aliphatic rings. The van der Waals surface area contributed by atoms with Gasteiger partial charge >= 0.3 is 12.1 Å². The first-order chi connectivity index (χ1) is 11.8. The lowest BCUT2D eigenvalue weighted by molar-refractivity contribution is -0.194. The van der Waals surface area contributed by atoms with E-state index in [1.54, 1.807) is 0 Å². The van der Waals surface area contributed by atoms with Gasteiger partial charge in [0.05, 0.1) is 0 Å². The van der Waals surface area contributed by atoms with Crippen molar-refractivity contribution in [3.8, 4) is 0 Å². The Kier molecular flexibility index (Phi) is 5.47. The second-order valence-electron chi connectivity index (χ2n) is 4.96. The maximum atomic E-state index is 11.7. The number of nitrogens with zero attached hydrogens (tertiary/aromatic N) is 2. The molecule has 0 aromatic carbocycles. The fourth-order valence-electron chi connectivity index (χ4n) is 1.95. The van der Waals surface area contributed by atoms with Crippen molar-refractivity contribution < 1.29 is 43.1 Å². The molecule has 11 heteroatoms. The van der Waals surface area contributed by atoms with Gasteiger partial charge in [-0.1, -0.05) is 12.0 Å². The highest BCUT2D eigenvalue weighted by Crippen LogP contribution is 2.14. The molecule has 0 radical (unpaired) electrons. The monoisotopic (exact) mass is 354 g/mol. The first kappa shape index (κ1) is 18.1. The molecule has 0 N–H and O–H groups in total. The van der Waals surface area contributed by atoms with Crippen molar-refractivity contribution in [1.82, 2.24) is 9.96 Å². The summed E-state index contributed by atoms with van der Waals surface area (Å²) in [7, 11) is 0. The van der Waals surface area contributed by atoms with Gasteiger partial charge in [0.2, 0.25) is 0 Å². The van der Waals surface area contributed by atoms with Crippen LogP contribution in [0.5, 0.6) is 0 Å². The van der Waals surface area contributed by atoms with E-state index in [1.165, 1.54) is 6.92 Å². The lowest BCUT2D eigenvalue weighted by Crippen LogP contribution is -2.38. The van der Waals surface area contributed by atoms with Crippen LogP contribution < -0.4 is 0 Å². The van der Waals surface area contributed by atoms with Crippen LogP contribution in [0.15, 0.2) is 12.2 Å². The van der Waals surface area contributed by atoms with Crippen molar-refractivity contribution >= 4 is 35.8 Å². The zero-order chi connectivity index (χ0) is 18.6. The summed E-state index contributed by atoms with van der Waals surface area (Å²) < 4.78 is 9.52. The highest BCUT2D eigenvalue weighted by molar-refractivity contribution is 6.14. The number of esters is 1. The standard InChI is InChI=1S/C14H14N2O9/c1-2-13(23-12(21)7-15-8(17)3-4-9(15)18)24-14(22)25-16-10(19)5-6-11(16)20/h3-4,13H,2,5-7H2,1H3. The van der Waals surface area contributed by atoms with Crippen LogP contribution in [0.4, 0.5) is 4.79 Å². The molecule has 1 atom stereocenters. The maximum absolute atomic E-state index is 11.7. The quantitative estimate of drug-likeness (QED) is 0.348. The number of ether oxygens (including phenoxy) is 2. The molecule has 11 nitrogen and oxygen atoms in total. The predicted molar refractivity (Wildman–Crippen MR) is 74.7 cm³/mol. The van der Waals surface area contributed by atoms with Gasteiger partial charge in [-0.05, 0) is 0 Å². The Labute approximate surface area is 141 Å². The van der Waals surface area contributed by atoms with Gasteiger partial charge in [-0.2, -0.15) is 0 Å². The van der Waals surface area contributed by atoms with Crippen molar-refractivity contribution in [3.05, 3.63) is 12.2 Å². The molecule has 0 aromatic rings. The lowest BCUT2D eigenvalue weighted by Gasteiger charge is -2.19. The molecule has 0 aromatic heterocycles. The largest absolute Gasteiger partial charge is 0.537 e. The fourth-order valence-corrected chi connectivity index (χ4v) is 1.95. The first-order valence-electron chi connectivity index (χ1n) is 7.29. The minimum absolute atomic E-state index is 0.0306. The van der Waals surface area contributed by atoms with E-state index in [1.807, 2.05) is 0 Å². The van der Waals surface area contributed by atoms with Crippen molar-refractivity contribution in [2.75, 3.05) is 6.54 Å². The zero-order valence-electron chi connectivity index (χ0n) is 13.1. The van der Waals surface area contributed by atoms with E-state index in [0.29, 0.717) is 4.90 Å². The molecule has 2 rings (SSSR count). The molecular weight excluding hydrogens is 340 g/mol. The van der Waals surface area contributed by atoms with Crippen molar-refractivity contribution in [2.24, 2.45) is 0 Å². The maximum Gasteiger partial charge on any atom is 0.537 e. The molecule has 2 aliphatic heterocycles. The van der Waals surface area contributed by atoms with Gasteiger partial charge in [0.15, 0.2) is 0 Å². The second kappa shape index (κ2) is 7.55. The van der Waals surface area contributed by atoms with E-state index in [9.17, 15) is 28.8 Å². The molecule has 0 spiro atoms. The van der Waals surface area contributed by atoms with E-state index in [-0.39, 0.29) is 24.3 Å². The van der Waals surface area contributed by atoms with E-state index in [2.05, 4.69) is 4.84 Å². The third-order valence-electron chi connectivity index (χ3n) is 3.18. The van der Waals surface area contributed by atoms with Crippen LogP contribution in [0.3, 0.4) is 0 Å². The summed E-state index contributed by atoms with van der Waals surface area (Å²) in [5.41, 5.74) is 0. The third kappa shape index (κ3) is 4.40. The molecular formula is C14H14N2O9. The van der Waals surface area contributed by atoms with Gasteiger partial charge < -0.3 is 9.47 Å². The van der Waals surface area contributed by atoms with Crippen LogP contribution in [-0.4, -0.2) is 58.6 Å². The highest BCUT2D eigenvalue weighted by Gasteiger charge is 2.34. The Morgan fingerprint density at radius 3 is 2.12 bits per heavy atom. The average molecular weight is 354 g/mol. The van der Waals surface area contributed by atoms with Crippen LogP contribution in [0.2, 0.25) is 0 Å². The van der Waals surface area contributed by atoms with Gasteiger partial charge in [0.1, 0.15) is 6.54 Å². The van der Waals surface area contributed by atoms with Crippen molar-refractivity contribution in [1.29, 1.82) is 0 Å². The van der Waals surface area contributed by atoms with Crippen LogP contribution in [0, 0.1) is 0 Å². The summed E-state index contributed by atoms with van der Waals surface area (Å²) in [5, 5.41) is 0.282. The van der Waals surface area contributed by atoms with E-state index in [0.717, 1.165) is 12.2 Å². The van der Waals surface area contributed by atoms with Gasteiger partial charge in [-0.15, -0.1) is 0 Å². The molecule has 0 aliphatic carbocycles. The molecule has 1 saturated heterocycles. The van der Waals surface area contributed by atoms with Gasteiger partial charge in [-0.25, -0.2) is 9.59 Å². The van der Waals surface area contributed by atoms with E-state index >= 15 is 0 Å².